The van der Waals surface area contributed by atoms with Gasteiger partial charge in [0.05, 0.1) is 15.9 Å². The molecule has 2 aromatic carbocycles. The summed E-state index contributed by atoms with van der Waals surface area (Å²) in [7, 11) is 0. The van der Waals surface area contributed by atoms with E-state index in [1.807, 2.05) is 23.6 Å². The molecule has 0 bridgehead atoms. The molecule has 2 amide bonds. The number of hydrogen-bond donors (Lipinski definition) is 2. The quantitative estimate of drug-likeness (QED) is 0.469. The topological polar surface area (TPSA) is 78.1 Å². The zero-order valence-corrected chi connectivity index (χ0v) is 18.0. The van der Waals surface area contributed by atoms with Crippen LogP contribution in [0.5, 0.6) is 0 Å². The monoisotopic (exact) mass is 448 g/mol. The first-order valence-corrected chi connectivity index (χ1v) is 11.3. The summed E-state index contributed by atoms with van der Waals surface area (Å²) in [5.41, 5.74) is 2.69. The van der Waals surface area contributed by atoms with Crippen LogP contribution in [0.15, 0.2) is 60.0 Å². The molecule has 1 aliphatic rings. The number of benzene rings is 2. The van der Waals surface area contributed by atoms with E-state index in [9.17, 15) is 14.0 Å². The second-order valence-corrected chi connectivity index (χ2v) is 8.75. The molecule has 0 spiro atoms. The SMILES string of the molecule is O=C(Nc1ccc2nc(Cc3ccccc3F)[nH]c2c1)[C@@H]1CCCN1C(=O)c1cccs1. The number of carbonyl (C=O) groups excluding carboxylic acids is 2. The third kappa shape index (κ3) is 4.01. The number of likely N-dealkylation sites (tertiary alicyclic amines) is 1. The van der Waals surface area contributed by atoms with Gasteiger partial charge in [-0.1, -0.05) is 24.3 Å². The Kier molecular flexibility index (Phi) is 5.45. The van der Waals surface area contributed by atoms with Crippen molar-refractivity contribution >= 4 is 39.9 Å². The molecule has 3 heterocycles. The highest BCUT2D eigenvalue weighted by molar-refractivity contribution is 7.12. The van der Waals surface area contributed by atoms with Gasteiger partial charge in [-0.3, -0.25) is 9.59 Å². The predicted octanol–water partition coefficient (Wildman–Crippen LogP) is 4.60. The molecule has 8 heteroatoms. The van der Waals surface area contributed by atoms with Crippen molar-refractivity contribution in [2.24, 2.45) is 0 Å². The van der Waals surface area contributed by atoms with Crippen LogP contribution in [0.3, 0.4) is 0 Å². The Bertz CT molecular complexity index is 1280. The van der Waals surface area contributed by atoms with Crippen LogP contribution in [-0.4, -0.2) is 39.3 Å². The second-order valence-electron chi connectivity index (χ2n) is 7.81. The van der Waals surface area contributed by atoms with Gasteiger partial charge in [-0.05, 0) is 54.1 Å². The summed E-state index contributed by atoms with van der Waals surface area (Å²) in [6, 6.07) is 15.2. The molecule has 4 aromatic rings. The molecule has 0 unspecified atom stereocenters. The number of carbonyl (C=O) groups is 2. The molecule has 1 saturated heterocycles. The largest absolute Gasteiger partial charge is 0.342 e. The molecule has 0 radical (unpaired) electrons. The molecule has 2 N–H and O–H groups in total. The number of imidazole rings is 1. The molecule has 0 aliphatic carbocycles. The van der Waals surface area contributed by atoms with E-state index in [-0.39, 0.29) is 17.6 Å². The van der Waals surface area contributed by atoms with E-state index >= 15 is 0 Å². The number of aromatic amines is 1. The minimum atomic E-state index is -0.487. The molecule has 0 saturated carbocycles. The Labute approximate surface area is 188 Å². The Hall–Kier alpha value is -3.52. The van der Waals surface area contributed by atoms with E-state index < -0.39 is 6.04 Å². The Morgan fingerprint density at radius 2 is 2.06 bits per heavy atom. The van der Waals surface area contributed by atoms with Crippen LogP contribution >= 0.6 is 11.3 Å². The lowest BCUT2D eigenvalue weighted by atomic mass is 10.1. The van der Waals surface area contributed by atoms with Crippen molar-refractivity contribution in [3.8, 4) is 0 Å². The molecule has 1 aliphatic heterocycles. The number of nitrogens with one attached hydrogen (secondary N) is 2. The first-order valence-electron chi connectivity index (χ1n) is 10.5. The highest BCUT2D eigenvalue weighted by atomic mass is 32.1. The number of H-pyrrole nitrogens is 1. The highest BCUT2D eigenvalue weighted by Gasteiger charge is 2.34. The lowest BCUT2D eigenvalue weighted by molar-refractivity contribution is -0.119. The maximum absolute atomic E-state index is 13.9. The fourth-order valence-corrected chi connectivity index (χ4v) is 4.77. The molecule has 1 fully saturated rings. The number of rotatable bonds is 5. The van der Waals surface area contributed by atoms with Crippen LogP contribution in [0.4, 0.5) is 10.1 Å². The Morgan fingerprint density at radius 3 is 2.88 bits per heavy atom. The maximum Gasteiger partial charge on any atom is 0.264 e. The average Bonchev–Trinajstić information content (AvgIpc) is 3.55. The van der Waals surface area contributed by atoms with Gasteiger partial charge in [0.15, 0.2) is 0 Å². The summed E-state index contributed by atoms with van der Waals surface area (Å²) in [6.45, 7) is 0.577. The fraction of sp³-hybridized carbons (Fsp3) is 0.208. The summed E-state index contributed by atoms with van der Waals surface area (Å²) < 4.78 is 13.9. The molecule has 6 nitrogen and oxygen atoms in total. The molecular formula is C24H21FN4O2S. The molecule has 32 heavy (non-hydrogen) atoms. The van der Waals surface area contributed by atoms with Gasteiger partial charge in [-0.15, -0.1) is 11.3 Å². The molecule has 1 atom stereocenters. The van der Waals surface area contributed by atoms with Gasteiger partial charge in [-0.2, -0.15) is 0 Å². The van der Waals surface area contributed by atoms with Gasteiger partial charge in [0.2, 0.25) is 5.91 Å². The van der Waals surface area contributed by atoms with E-state index in [0.717, 1.165) is 17.5 Å². The minimum Gasteiger partial charge on any atom is -0.342 e. The van der Waals surface area contributed by atoms with Crippen LogP contribution in [0.1, 0.15) is 33.9 Å². The first kappa shape index (κ1) is 20.4. The van der Waals surface area contributed by atoms with E-state index in [4.69, 9.17) is 0 Å². The summed E-state index contributed by atoms with van der Waals surface area (Å²) in [6.07, 6.45) is 1.79. The number of fused-ring (bicyclic) bond motifs is 1. The second kappa shape index (κ2) is 8.55. The molecule has 5 rings (SSSR count). The zero-order chi connectivity index (χ0) is 22.1. The standard InChI is InChI=1S/C24H21FN4O2S/c25-17-6-2-1-5-15(17)13-22-27-18-10-9-16(14-19(18)28-22)26-23(30)20-7-3-11-29(20)24(31)21-8-4-12-32-21/h1-2,4-6,8-10,12,14,20H,3,7,11,13H2,(H,26,30)(H,27,28)/t20-/m0/s1. The van der Waals surface area contributed by atoms with Crippen molar-refractivity contribution in [3.05, 3.63) is 82.1 Å². The summed E-state index contributed by atoms with van der Waals surface area (Å²) in [5, 5.41) is 4.80. The summed E-state index contributed by atoms with van der Waals surface area (Å²) in [5.74, 6) is 0.0912. The molecule has 162 valence electrons. The summed E-state index contributed by atoms with van der Waals surface area (Å²) in [4.78, 5) is 35.7. The van der Waals surface area contributed by atoms with Crippen LogP contribution in [0, 0.1) is 5.82 Å². The molecular weight excluding hydrogens is 427 g/mol. The lowest BCUT2D eigenvalue weighted by Gasteiger charge is -2.23. The van der Waals surface area contributed by atoms with Crippen molar-refractivity contribution in [1.29, 1.82) is 0 Å². The zero-order valence-electron chi connectivity index (χ0n) is 17.2. The van der Waals surface area contributed by atoms with Crippen LogP contribution in [0.2, 0.25) is 0 Å². The third-order valence-corrected chi connectivity index (χ3v) is 6.52. The average molecular weight is 449 g/mol. The van der Waals surface area contributed by atoms with Crippen molar-refractivity contribution < 1.29 is 14.0 Å². The summed E-state index contributed by atoms with van der Waals surface area (Å²) >= 11 is 1.38. The number of halogens is 1. The van der Waals surface area contributed by atoms with Crippen LogP contribution in [0.25, 0.3) is 11.0 Å². The smallest absolute Gasteiger partial charge is 0.264 e. The van der Waals surface area contributed by atoms with Crippen molar-refractivity contribution in [2.75, 3.05) is 11.9 Å². The van der Waals surface area contributed by atoms with E-state index in [2.05, 4.69) is 15.3 Å². The number of thiophene rings is 1. The van der Waals surface area contributed by atoms with Gasteiger partial charge >= 0.3 is 0 Å². The fourth-order valence-electron chi connectivity index (χ4n) is 4.10. The Morgan fingerprint density at radius 1 is 1.19 bits per heavy atom. The van der Waals surface area contributed by atoms with Crippen molar-refractivity contribution in [1.82, 2.24) is 14.9 Å². The number of hydrogen-bond acceptors (Lipinski definition) is 4. The van der Waals surface area contributed by atoms with Crippen LogP contribution < -0.4 is 5.32 Å². The van der Waals surface area contributed by atoms with Crippen molar-refractivity contribution in [3.63, 3.8) is 0 Å². The Balaban J connectivity index is 1.31. The predicted molar refractivity (Wildman–Crippen MR) is 122 cm³/mol. The number of nitrogens with zero attached hydrogens (tertiary/aromatic N) is 2. The van der Waals surface area contributed by atoms with Gasteiger partial charge in [0.1, 0.15) is 17.7 Å². The van der Waals surface area contributed by atoms with E-state index in [1.54, 1.807) is 35.2 Å². The third-order valence-electron chi connectivity index (χ3n) is 5.66. The van der Waals surface area contributed by atoms with Crippen molar-refractivity contribution in [2.45, 2.75) is 25.3 Å². The first-order chi connectivity index (χ1) is 15.6. The van der Waals surface area contributed by atoms with Gasteiger partial charge in [0.25, 0.3) is 5.91 Å². The van der Waals surface area contributed by atoms with Gasteiger partial charge in [0, 0.05) is 18.7 Å². The van der Waals surface area contributed by atoms with E-state index in [0.29, 0.717) is 41.3 Å². The van der Waals surface area contributed by atoms with Gasteiger partial charge in [-0.25, -0.2) is 9.37 Å². The highest BCUT2D eigenvalue weighted by Crippen LogP contribution is 2.25. The number of aromatic nitrogens is 2. The van der Waals surface area contributed by atoms with Gasteiger partial charge < -0.3 is 15.2 Å². The lowest BCUT2D eigenvalue weighted by Crippen LogP contribution is -2.42. The number of anilines is 1. The maximum atomic E-state index is 13.9. The molecule has 2 aromatic heterocycles. The van der Waals surface area contributed by atoms with E-state index in [1.165, 1.54) is 17.4 Å². The minimum absolute atomic E-state index is 0.0977. The normalized spacial score (nSPS) is 15.9. The van der Waals surface area contributed by atoms with Crippen LogP contribution in [-0.2, 0) is 11.2 Å². The number of amides is 2.